The molecule has 0 atom stereocenters. The first-order valence-corrected chi connectivity index (χ1v) is 4.12. The van der Waals surface area contributed by atoms with Crippen molar-refractivity contribution in [2.75, 3.05) is 0 Å². The van der Waals surface area contributed by atoms with E-state index in [4.69, 9.17) is 9.52 Å². The Morgan fingerprint density at radius 1 is 1.43 bits per heavy atom. The number of aromatic nitrogens is 1. The molecule has 2 aromatic heterocycles. The fourth-order valence-corrected chi connectivity index (χ4v) is 1.26. The lowest BCUT2D eigenvalue weighted by Gasteiger charge is -1.90. The minimum absolute atomic E-state index is 0.0381. The molecule has 0 saturated heterocycles. The minimum Gasteiger partial charge on any atom is -0.475 e. The van der Waals surface area contributed by atoms with Crippen molar-refractivity contribution in [3.8, 4) is 11.3 Å². The standard InChI is InChI=1S/C10H9NO3/c1-11-5-4-7(6-11)8-2-3-9(14-8)10(12)13/h2-6H,1H3,(H,12,13). The zero-order valence-electron chi connectivity index (χ0n) is 7.60. The third-order valence-electron chi connectivity index (χ3n) is 1.93. The van der Waals surface area contributed by atoms with Crippen LogP contribution in [0.5, 0.6) is 0 Å². The summed E-state index contributed by atoms with van der Waals surface area (Å²) in [4.78, 5) is 10.6. The van der Waals surface area contributed by atoms with Gasteiger partial charge in [-0.1, -0.05) is 0 Å². The summed E-state index contributed by atoms with van der Waals surface area (Å²) in [6, 6.07) is 4.97. The number of rotatable bonds is 2. The molecule has 2 aromatic rings. The maximum Gasteiger partial charge on any atom is 0.371 e. The highest BCUT2D eigenvalue weighted by atomic mass is 16.4. The first-order chi connectivity index (χ1) is 6.66. The summed E-state index contributed by atoms with van der Waals surface area (Å²) in [7, 11) is 1.89. The van der Waals surface area contributed by atoms with Gasteiger partial charge in [-0.3, -0.25) is 0 Å². The van der Waals surface area contributed by atoms with Crippen molar-refractivity contribution in [1.29, 1.82) is 0 Å². The number of hydrogen-bond donors (Lipinski definition) is 1. The largest absolute Gasteiger partial charge is 0.475 e. The van der Waals surface area contributed by atoms with E-state index in [-0.39, 0.29) is 5.76 Å². The fourth-order valence-electron chi connectivity index (χ4n) is 1.26. The Bertz CT molecular complexity index is 467. The Kier molecular flexibility index (Phi) is 1.89. The number of hydrogen-bond acceptors (Lipinski definition) is 2. The van der Waals surface area contributed by atoms with E-state index in [1.807, 2.05) is 30.1 Å². The van der Waals surface area contributed by atoms with Crippen molar-refractivity contribution < 1.29 is 14.3 Å². The van der Waals surface area contributed by atoms with Crippen LogP contribution in [0.25, 0.3) is 11.3 Å². The number of aryl methyl sites for hydroxylation is 1. The van der Waals surface area contributed by atoms with Crippen LogP contribution in [-0.4, -0.2) is 15.6 Å². The first-order valence-electron chi connectivity index (χ1n) is 4.12. The van der Waals surface area contributed by atoms with Crippen molar-refractivity contribution in [3.63, 3.8) is 0 Å². The monoisotopic (exact) mass is 191 g/mol. The predicted molar refractivity (Wildman–Crippen MR) is 50.1 cm³/mol. The molecular weight excluding hydrogens is 182 g/mol. The van der Waals surface area contributed by atoms with Crippen LogP contribution in [0, 0.1) is 0 Å². The lowest BCUT2D eigenvalue weighted by Crippen LogP contribution is -1.91. The van der Waals surface area contributed by atoms with Crippen LogP contribution in [0.15, 0.2) is 35.0 Å². The normalized spacial score (nSPS) is 10.4. The first kappa shape index (κ1) is 8.62. The van der Waals surface area contributed by atoms with Crippen molar-refractivity contribution >= 4 is 5.97 Å². The number of carboxylic acids is 1. The van der Waals surface area contributed by atoms with E-state index < -0.39 is 5.97 Å². The highest BCUT2D eigenvalue weighted by Crippen LogP contribution is 2.21. The molecule has 72 valence electrons. The number of nitrogens with zero attached hydrogens (tertiary/aromatic N) is 1. The van der Waals surface area contributed by atoms with E-state index in [1.165, 1.54) is 6.07 Å². The van der Waals surface area contributed by atoms with Crippen LogP contribution in [-0.2, 0) is 7.05 Å². The molecular formula is C10H9NO3. The summed E-state index contributed by atoms with van der Waals surface area (Å²) in [6.45, 7) is 0. The van der Waals surface area contributed by atoms with Gasteiger partial charge >= 0.3 is 5.97 Å². The topological polar surface area (TPSA) is 55.4 Å². The van der Waals surface area contributed by atoms with Gasteiger partial charge in [-0.05, 0) is 18.2 Å². The summed E-state index contributed by atoms with van der Waals surface area (Å²) >= 11 is 0. The minimum atomic E-state index is -1.05. The van der Waals surface area contributed by atoms with Gasteiger partial charge < -0.3 is 14.1 Å². The van der Waals surface area contributed by atoms with E-state index in [9.17, 15) is 4.79 Å². The Labute approximate surface area is 80.4 Å². The van der Waals surface area contributed by atoms with E-state index in [2.05, 4.69) is 0 Å². The van der Waals surface area contributed by atoms with Crippen LogP contribution in [0.1, 0.15) is 10.6 Å². The van der Waals surface area contributed by atoms with Crippen LogP contribution < -0.4 is 0 Å². The number of furan rings is 1. The second kappa shape index (κ2) is 3.06. The third-order valence-corrected chi connectivity index (χ3v) is 1.93. The number of aromatic carboxylic acids is 1. The molecule has 1 N–H and O–H groups in total. The number of carbonyl (C=O) groups is 1. The smallest absolute Gasteiger partial charge is 0.371 e. The molecule has 0 radical (unpaired) electrons. The Morgan fingerprint density at radius 2 is 2.21 bits per heavy atom. The maximum atomic E-state index is 10.6. The van der Waals surface area contributed by atoms with Crippen molar-refractivity contribution in [1.82, 2.24) is 4.57 Å². The van der Waals surface area contributed by atoms with Gasteiger partial charge in [-0.15, -0.1) is 0 Å². The molecule has 2 heterocycles. The summed E-state index contributed by atoms with van der Waals surface area (Å²) in [5, 5.41) is 8.65. The highest BCUT2D eigenvalue weighted by molar-refractivity contribution is 5.85. The fraction of sp³-hybridized carbons (Fsp3) is 0.100. The Morgan fingerprint density at radius 3 is 2.71 bits per heavy atom. The molecule has 4 heteroatoms. The lowest BCUT2D eigenvalue weighted by atomic mass is 10.3. The molecule has 4 nitrogen and oxygen atoms in total. The number of carboxylic acid groups (broad SMARTS) is 1. The molecule has 0 spiro atoms. The lowest BCUT2D eigenvalue weighted by molar-refractivity contribution is 0.0663. The summed E-state index contributed by atoms with van der Waals surface area (Å²) in [5.41, 5.74) is 0.875. The summed E-state index contributed by atoms with van der Waals surface area (Å²) < 4.78 is 7.00. The molecule has 0 amide bonds. The molecule has 0 fully saturated rings. The van der Waals surface area contributed by atoms with Gasteiger partial charge in [0.25, 0.3) is 0 Å². The molecule has 0 aliphatic heterocycles. The zero-order valence-corrected chi connectivity index (χ0v) is 7.60. The van der Waals surface area contributed by atoms with Gasteiger partial charge in [0.15, 0.2) is 0 Å². The second-order valence-electron chi connectivity index (χ2n) is 3.03. The third kappa shape index (κ3) is 1.42. The molecule has 0 unspecified atom stereocenters. The van der Waals surface area contributed by atoms with Gasteiger partial charge in [-0.25, -0.2) is 4.79 Å². The van der Waals surface area contributed by atoms with Gasteiger partial charge in [0, 0.05) is 25.0 Å². The SMILES string of the molecule is Cn1ccc(-c2ccc(C(=O)O)o2)c1. The average Bonchev–Trinajstić information content (AvgIpc) is 2.70. The molecule has 0 aliphatic carbocycles. The molecule has 2 rings (SSSR count). The van der Waals surface area contributed by atoms with Crippen molar-refractivity contribution in [3.05, 3.63) is 36.4 Å². The zero-order chi connectivity index (χ0) is 10.1. The Balaban J connectivity index is 2.38. The van der Waals surface area contributed by atoms with E-state index in [1.54, 1.807) is 6.07 Å². The highest BCUT2D eigenvalue weighted by Gasteiger charge is 2.10. The Hall–Kier alpha value is -1.97. The molecule has 0 saturated carbocycles. The van der Waals surface area contributed by atoms with Crippen LogP contribution in [0.3, 0.4) is 0 Å². The maximum absolute atomic E-state index is 10.6. The second-order valence-corrected chi connectivity index (χ2v) is 3.03. The molecule has 0 bridgehead atoms. The van der Waals surface area contributed by atoms with Gasteiger partial charge in [-0.2, -0.15) is 0 Å². The quantitative estimate of drug-likeness (QED) is 0.789. The summed E-state index contributed by atoms with van der Waals surface area (Å²) in [6.07, 6.45) is 3.74. The van der Waals surface area contributed by atoms with Gasteiger partial charge in [0.05, 0.1) is 0 Å². The van der Waals surface area contributed by atoms with E-state index >= 15 is 0 Å². The van der Waals surface area contributed by atoms with Gasteiger partial charge in [0.1, 0.15) is 5.76 Å². The van der Waals surface area contributed by atoms with Crippen molar-refractivity contribution in [2.45, 2.75) is 0 Å². The summed E-state index contributed by atoms with van der Waals surface area (Å²) in [5.74, 6) is -0.515. The van der Waals surface area contributed by atoms with E-state index in [0.29, 0.717) is 5.76 Å². The van der Waals surface area contributed by atoms with Crippen molar-refractivity contribution in [2.24, 2.45) is 7.05 Å². The molecule has 14 heavy (non-hydrogen) atoms. The van der Waals surface area contributed by atoms with Gasteiger partial charge in [0.2, 0.25) is 5.76 Å². The molecule has 0 aromatic carbocycles. The average molecular weight is 191 g/mol. The van der Waals surface area contributed by atoms with Crippen LogP contribution >= 0.6 is 0 Å². The van der Waals surface area contributed by atoms with E-state index in [0.717, 1.165) is 5.56 Å². The van der Waals surface area contributed by atoms with Crippen LogP contribution in [0.4, 0.5) is 0 Å². The predicted octanol–water partition coefficient (Wildman–Crippen LogP) is 1.98. The molecule has 0 aliphatic rings. The van der Waals surface area contributed by atoms with Crippen LogP contribution in [0.2, 0.25) is 0 Å².